The summed E-state index contributed by atoms with van der Waals surface area (Å²) < 4.78 is 454. The van der Waals surface area contributed by atoms with E-state index in [4.69, 9.17) is 0 Å². The highest BCUT2D eigenvalue weighted by Crippen LogP contribution is 2.70. The summed E-state index contributed by atoms with van der Waals surface area (Å²) in [5.41, 5.74) is 0. The lowest BCUT2D eigenvalue weighted by Crippen LogP contribution is -2.80. The molecule has 33 heteroatoms. The molecule has 0 aliphatic heterocycles. The zero-order valence-electron chi connectivity index (χ0n) is 32.1. The van der Waals surface area contributed by atoms with Gasteiger partial charge in [0.05, 0.1) is 0 Å². The summed E-state index contributed by atoms with van der Waals surface area (Å²) >= 11 is 0. The Bertz CT molecular complexity index is 1500. The zero-order chi connectivity index (χ0) is 52.6. The predicted octanol–water partition coefficient (Wildman–Crippen LogP) is 16.9. The fourth-order valence-electron chi connectivity index (χ4n) is 5.47. The second kappa shape index (κ2) is 19.2. The Morgan fingerprint density at radius 2 is 0.338 bits per heavy atom. The summed E-state index contributed by atoms with van der Waals surface area (Å²) in [6.45, 7) is 1.98. The first-order valence-corrected chi connectivity index (χ1v) is 18.0. The van der Waals surface area contributed by atoms with Crippen molar-refractivity contribution in [1.29, 1.82) is 0 Å². The Balaban J connectivity index is 6.70. The van der Waals surface area contributed by atoms with Gasteiger partial charge in [0.15, 0.2) is 0 Å². The van der Waals surface area contributed by atoms with Crippen LogP contribution in [-0.4, -0.2) is 95.0 Å². The lowest BCUT2D eigenvalue weighted by atomic mass is 9.82. The Morgan fingerprint density at radius 3 is 0.523 bits per heavy atom. The lowest BCUT2D eigenvalue weighted by molar-refractivity contribution is -0.491. The minimum atomic E-state index is -10.2. The molecule has 0 amide bonds. The first-order valence-electron chi connectivity index (χ1n) is 18.0. The number of unbranched alkanes of at least 4 members (excludes halogenated alkanes) is 13. The molecule has 0 heterocycles. The number of rotatable bonds is 29. The molecule has 0 spiro atoms. The summed E-state index contributed by atoms with van der Waals surface area (Å²) in [5, 5.41) is 0. The molecule has 0 saturated carbocycles. The van der Waals surface area contributed by atoms with E-state index in [-0.39, 0.29) is 12.8 Å². The van der Waals surface area contributed by atoms with Crippen molar-refractivity contribution >= 4 is 0 Å². The molecular weight excluding hydrogens is 1010 g/mol. The molecule has 65 heavy (non-hydrogen) atoms. The van der Waals surface area contributed by atoms with E-state index in [9.17, 15) is 145 Å². The number of alkyl halides is 33. The molecule has 0 bridgehead atoms. The van der Waals surface area contributed by atoms with Gasteiger partial charge in [0.2, 0.25) is 0 Å². The van der Waals surface area contributed by atoms with Crippen molar-refractivity contribution in [3.05, 3.63) is 0 Å². The number of hydrogen-bond donors (Lipinski definition) is 0. The van der Waals surface area contributed by atoms with E-state index in [1.54, 1.807) is 0 Å². The quantitative estimate of drug-likeness (QED) is 0.0517. The Morgan fingerprint density at radius 1 is 0.185 bits per heavy atom. The second-order valence-corrected chi connectivity index (χ2v) is 14.6. The van der Waals surface area contributed by atoms with Gasteiger partial charge in [-0.1, -0.05) is 90.4 Å². The molecule has 0 aromatic carbocycles. The van der Waals surface area contributed by atoms with E-state index in [1.165, 1.54) is 0 Å². The summed E-state index contributed by atoms with van der Waals surface area (Å²) in [6, 6.07) is 0. The van der Waals surface area contributed by atoms with Gasteiger partial charge in [-0.15, -0.1) is 0 Å². The summed E-state index contributed by atoms with van der Waals surface area (Å²) in [7, 11) is 0. The molecule has 0 unspecified atom stereocenters. The Kier molecular flexibility index (Phi) is 18.6. The van der Waals surface area contributed by atoms with Gasteiger partial charge < -0.3 is 0 Å². The number of halogens is 33. The van der Waals surface area contributed by atoms with Crippen LogP contribution in [0.25, 0.3) is 0 Å². The topological polar surface area (TPSA) is 0 Å². The molecule has 0 saturated heterocycles. The van der Waals surface area contributed by atoms with Crippen LogP contribution in [0.5, 0.6) is 0 Å². The van der Waals surface area contributed by atoms with Crippen LogP contribution in [0.4, 0.5) is 145 Å². The second-order valence-electron chi connectivity index (χ2n) is 14.6. The standard InChI is InChI=1S/C32H33F33/c1-2-3-4-5-6-7-8-9-10-11-12-13-14-15-16-17(33,34)18(35,36)19(37,38)20(39,40)21(41,42)22(43,44)23(45,46)24(47,48)25(49,50)26(51,52)27(53,54)28(55,56)29(57,58)30(59,60)31(61,62)32(63,64)65/h2-16H2,1H3. The van der Waals surface area contributed by atoms with Crippen LogP contribution < -0.4 is 0 Å². The van der Waals surface area contributed by atoms with Crippen LogP contribution in [0.2, 0.25) is 0 Å². The molecule has 0 aromatic rings. The monoisotopic (exact) mass is 1040 g/mol. The van der Waals surface area contributed by atoms with Crippen molar-refractivity contribution in [2.45, 2.75) is 198 Å². The average molecular weight is 1040 g/mol. The number of hydrogen-bond acceptors (Lipinski definition) is 0. The van der Waals surface area contributed by atoms with E-state index in [0.29, 0.717) is 19.3 Å². The molecule has 0 atom stereocenters. The van der Waals surface area contributed by atoms with E-state index in [2.05, 4.69) is 0 Å². The average Bonchev–Trinajstić information content (AvgIpc) is 3.13. The van der Waals surface area contributed by atoms with E-state index >= 15 is 0 Å². The molecule has 0 aliphatic rings. The van der Waals surface area contributed by atoms with Crippen LogP contribution in [0, 0.1) is 0 Å². The summed E-state index contributed by atoms with van der Waals surface area (Å²) in [5.74, 6) is -142. The van der Waals surface area contributed by atoms with Crippen LogP contribution in [0.3, 0.4) is 0 Å². The molecule has 0 N–H and O–H groups in total. The van der Waals surface area contributed by atoms with Crippen molar-refractivity contribution in [1.82, 2.24) is 0 Å². The summed E-state index contributed by atoms with van der Waals surface area (Å²) in [6.07, 6.45) is -5.52. The first-order chi connectivity index (χ1) is 28.3. The van der Waals surface area contributed by atoms with Gasteiger partial charge in [0.1, 0.15) is 0 Å². The van der Waals surface area contributed by atoms with Crippen LogP contribution in [0.1, 0.15) is 103 Å². The highest BCUT2D eigenvalue weighted by molar-refractivity contribution is 5.22. The fraction of sp³-hybridized carbons (Fsp3) is 1.00. The predicted molar refractivity (Wildman–Crippen MR) is 155 cm³/mol. The maximum absolute atomic E-state index is 14.2. The smallest absolute Gasteiger partial charge is 0.200 e. The molecule has 392 valence electrons. The Labute approximate surface area is 344 Å². The highest BCUT2D eigenvalue weighted by atomic mass is 19.4. The largest absolute Gasteiger partial charge is 0.460 e. The fourth-order valence-corrected chi connectivity index (χ4v) is 5.47. The van der Waals surface area contributed by atoms with E-state index in [0.717, 1.165) is 44.9 Å². The molecule has 0 nitrogen and oxygen atoms in total. The normalized spacial score (nSPS) is 16.2. The van der Waals surface area contributed by atoms with Gasteiger partial charge in [-0.25, -0.2) is 0 Å². The van der Waals surface area contributed by atoms with Gasteiger partial charge >= 0.3 is 95.0 Å². The molecule has 0 radical (unpaired) electrons. The minimum Gasteiger partial charge on any atom is -0.200 e. The van der Waals surface area contributed by atoms with Crippen LogP contribution in [-0.2, 0) is 0 Å². The third-order valence-corrected chi connectivity index (χ3v) is 9.79. The molecule has 0 aliphatic carbocycles. The van der Waals surface area contributed by atoms with Gasteiger partial charge in [-0.05, 0) is 6.42 Å². The molecule has 0 rings (SSSR count). The highest BCUT2D eigenvalue weighted by Gasteiger charge is 3.01. The van der Waals surface area contributed by atoms with Crippen molar-refractivity contribution < 1.29 is 145 Å². The zero-order valence-corrected chi connectivity index (χ0v) is 32.1. The van der Waals surface area contributed by atoms with Gasteiger partial charge in [0.25, 0.3) is 0 Å². The van der Waals surface area contributed by atoms with Crippen molar-refractivity contribution in [2.24, 2.45) is 0 Å². The SMILES string of the molecule is CCCCCCCCCCCCCCCCC(F)(F)C(F)(F)C(F)(F)C(F)(F)C(F)(F)C(F)(F)C(F)(F)C(F)(F)C(F)(F)C(F)(F)C(F)(F)C(F)(F)C(F)(F)C(F)(F)C(F)(F)C(F)(F)F. The van der Waals surface area contributed by atoms with Crippen molar-refractivity contribution in [2.75, 3.05) is 0 Å². The summed E-state index contributed by atoms with van der Waals surface area (Å²) in [4.78, 5) is 0. The molecular formula is C32H33F33. The van der Waals surface area contributed by atoms with E-state index < -0.39 is 114 Å². The maximum Gasteiger partial charge on any atom is 0.460 e. The third kappa shape index (κ3) is 9.81. The van der Waals surface area contributed by atoms with Gasteiger partial charge in [-0.2, -0.15) is 145 Å². The van der Waals surface area contributed by atoms with Crippen LogP contribution >= 0.6 is 0 Å². The molecule has 0 fully saturated rings. The van der Waals surface area contributed by atoms with Gasteiger partial charge in [-0.3, -0.25) is 0 Å². The van der Waals surface area contributed by atoms with Gasteiger partial charge in [0, 0.05) is 6.42 Å². The van der Waals surface area contributed by atoms with Crippen molar-refractivity contribution in [3.8, 4) is 0 Å². The third-order valence-electron chi connectivity index (χ3n) is 9.79. The molecule has 0 aromatic heterocycles. The Hall–Kier alpha value is -2.31. The minimum absolute atomic E-state index is 0.0984. The maximum atomic E-state index is 14.2. The van der Waals surface area contributed by atoms with Crippen molar-refractivity contribution in [3.63, 3.8) is 0 Å². The van der Waals surface area contributed by atoms with Crippen LogP contribution in [0.15, 0.2) is 0 Å². The lowest BCUT2D eigenvalue weighted by Gasteiger charge is -2.47. The van der Waals surface area contributed by atoms with E-state index in [1.807, 2.05) is 6.92 Å². The first kappa shape index (κ1) is 62.7.